The third-order valence-corrected chi connectivity index (χ3v) is 4.78. The van der Waals surface area contributed by atoms with Crippen LogP contribution in [-0.4, -0.2) is 44.2 Å². The van der Waals surface area contributed by atoms with Gasteiger partial charge in [0.15, 0.2) is 6.04 Å². The van der Waals surface area contributed by atoms with Gasteiger partial charge >= 0.3 is 5.97 Å². The summed E-state index contributed by atoms with van der Waals surface area (Å²) in [5.41, 5.74) is 0. The molecule has 0 aromatic rings. The van der Waals surface area contributed by atoms with Crippen LogP contribution in [0.15, 0.2) is 0 Å². The van der Waals surface area contributed by atoms with Crippen LogP contribution in [0.25, 0.3) is 0 Å². The number of carbonyl (C=O) groups excluding carboxylic acids is 1. The standard InChI is InChI=1S/C21H44NO2/c1-6-8-10-12-13-14-15-16-18-20(22(3,4)5)21(23)24-19-17-11-9-7-2/h20H,6-19H2,1-5H3/q+1. The number of esters is 1. The van der Waals surface area contributed by atoms with Gasteiger partial charge in [-0.1, -0.05) is 78.1 Å². The zero-order valence-corrected chi connectivity index (χ0v) is 17.2. The van der Waals surface area contributed by atoms with Crippen molar-refractivity contribution in [1.29, 1.82) is 0 Å². The second-order valence-electron chi connectivity index (χ2n) is 8.12. The Kier molecular flexibility index (Phi) is 14.4. The zero-order chi connectivity index (χ0) is 18.3. The molecule has 0 radical (unpaired) electrons. The Hall–Kier alpha value is -0.570. The van der Waals surface area contributed by atoms with Gasteiger partial charge in [-0.15, -0.1) is 0 Å². The first-order valence-electron chi connectivity index (χ1n) is 10.4. The highest BCUT2D eigenvalue weighted by Gasteiger charge is 2.32. The summed E-state index contributed by atoms with van der Waals surface area (Å²) in [4.78, 5) is 12.4. The summed E-state index contributed by atoms with van der Waals surface area (Å²) >= 11 is 0. The highest BCUT2D eigenvalue weighted by molar-refractivity contribution is 5.74. The van der Waals surface area contributed by atoms with Gasteiger partial charge in [-0.2, -0.15) is 0 Å². The van der Waals surface area contributed by atoms with E-state index in [1.165, 1.54) is 57.8 Å². The van der Waals surface area contributed by atoms with Gasteiger partial charge in [-0.25, -0.2) is 4.79 Å². The van der Waals surface area contributed by atoms with Crippen molar-refractivity contribution in [3.05, 3.63) is 0 Å². The third-order valence-electron chi connectivity index (χ3n) is 4.78. The Morgan fingerprint density at radius 3 is 1.71 bits per heavy atom. The normalized spacial score (nSPS) is 13.0. The van der Waals surface area contributed by atoms with Crippen LogP contribution in [0, 0.1) is 0 Å². The molecule has 0 aliphatic carbocycles. The summed E-state index contributed by atoms with van der Waals surface area (Å²) in [6.45, 7) is 5.05. The van der Waals surface area contributed by atoms with Crippen LogP contribution in [0.1, 0.15) is 97.3 Å². The van der Waals surface area contributed by atoms with Crippen molar-refractivity contribution in [3.8, 4) is 0 Å². The number of hydrogen-bond acceptors (Lipinski definition) is 2. The number of unbranched alkanes of at least 4 members (excludes halogenated alkanes) is 10. The summed E-state index contributed by atoms with van der Waals surface area (Å²) in [6.07, 6.45) is 16.0. The van der Waals surface area contributed by atoms with Crippen molar-refractivity contribution in [3.63, 3.8) is 0 Å². The molecule has 0 fully saturated rings. The number of likely N-dealkylation sites (N-methyl/N-ethyl adjacent to an activating group) is 1. The van der Waals surface area contributed by atoms with E-state index >= 15 is 0 Å². The number of nitrogens with zero attached hydrogens (tertiary/aromatic N) is 1. The monoisotopic (exact) mass is 342 g/mol. The highest BCUT2D eigenvalue weighted by Crippen LogP contribution is 2.16. The smallest absolute Gasteiger partial charge is 0.364 e. The molecule has 0 aliphatic heterocycles. The first-order valence-corrected chi connectivity index (χ1v) is 10.4. The van der Waals surface area contributed by atoms with Gasteiger partial charge in [0.1, 0.15) is 0 Å². The number of quaternary nitrogens is 1. The minimum Gasteiger partial charge on any atom is -0.461 e. The van der Waals surface area contributed by atoms with E-state index in [4.69, 9.17) is 4.74 Å². The molecule has 0 aliphatic rings. The molecule has 0 N–H and O–H groups in total. The van der Waals surface area contributed by atoms with E-state index in [0.717, 1.165) is 25.7 Å². The molecule has 144 valence electrons. The maximum absolute atomic E-state index is 12.4. The van der Waals surface area contributed by atoms with Crippen LogP contribution < -0.4 is 0 Å². The Morgan fingerprint density at radius 2 is 1.21 bits per heavy atom. The molecule has 0 heterocycles. The van der Waals surface area contributed by atoms with E-state index in [1.807, 2.05) is 0 Å². The van der Waals surface area contributed by atoms with Gasteiger partial charge in [-0.05, 0) is 12.8 Å². The molecule has 0 amide bonds. The average molecular weight is 343 g/mol. The average Bonchev–Trinajstić information content (AvgIpc) is 2.51. The number of carbonyl (C=O) groups is 1. The third kappa shape index (κ3) is 12.8. The summed E-state index contributed by atoms with van der Waals surface area (Å²) in [6, 6.07) is -0.0173. The fourth-order valence-electron chi connectivity index (χ4n) is 3.09. The summed E-state index contributed by atoms with van der Waals surface area (Å²) in [5.74, 6) is 0.00180. The van der Waals surface area contributed by atoms with Gasteiger partial charge in [0.2, 0.25) is 0 Å². The van der Waals surface area contributed by atoms with Crippen LogP contribution in [0.4, 0.5) is 0 Å². The van der Waals surface area contributed by atoms with Crippen LogP contribution >= 0.6 is 0 Å². The SMILES string of the molecule is CCCCCCCCCCC(C(=O)OCCCCCC)[N+](C)(C)C. The number of rotatable bonds is 16. The highest BCUT2D eigenvalue weighted by atomic mass is 16.5. The predicted octanol–water partition coefficient (Wildman–Crippen LogP) is 5.72. The van der Waals surface area contributed by atoms with Crippen LogP contribution in [-0.2, 0) is 9.53 Å². The van der Waals surface area contributed by atoms with E-state index in [-0.39, 0.29) is 12.0 Å². The molecule has 0 aromatic carbocycles. The fraction of sp³-hybridized carbons (Fsp3) is 0.952. The van der Waals surface area contributed by atoms with Gasteiger partial charge in [-0.3, -0.25) is 0 Å². The lowest BCUT2D eigenvalue weighted by Gasteiger charge is -2.32. The van der Waals surface area contributed by atoms with Crippen LogP contribution in [0.3, 0.4) is 0 Å². The minimum absolute atomic E-state index is 0.00180. The van der Waals surface area contributed by atoms with Crippen molar-refractivity contribution in [2.24, 2.45) is 0 Å². The Balaban J connectivity index is 3.95. The van der Waals surface area contributed by atoms with Crippen LogP contribution in [0.2, 0.25) is 0 Å². The van der Waals surface area contributed by atoms with E-state index in [9.17, 15) is 4.79 Å². The van der Waals surface area contributed by atoms with Crippen molar-refractivity contribution >= 4 is 5.97 Å². The van der Waals surface area contributed by atoms with Crippen molar-refractivity contribution in [2.45, 2.75) is 103 Å². The molecule has 0 aromatic heterocycles. The molecule has 24 heavy (non-hydrogen) atoms. The van der Waals surface area contributed by atoms with Gasteiger partial charge in [0, 0.05) is 6.42 Å². The van der Waals surface area contributed by atoms with E-state index in [2.05, 4.69) is 35.0 Å². The molecule has 0 bridgehead atoms. The van der Waals surface area contributed by atoms with Gasteiger partial charge in [0.05, 0.1) is 27.7 Å². The van der Waals surface area contributed by atoms with Gasteiger partial charge < -0.3 is 9.22 Å². The quantitative estimate of drug-likeness (QED) is 0.204. The molecule has 1 atom stereocenters. The Labute approximate surface area is 151 Å². The minimum atomic E-state index is -0.0173. The summed E-state index contributed by atoms with van der Waals surface area (Å²) < 4.78 is 6.22. The Morgan fingerprint density at radius 1 is 0.750 bits per heavy atom. The predicted molar refractivity (Wildman–Crippen MR) is 104 cm³/mol. The molecule has 0 saturated heterocycles. The molecular formula is C21H44NO2+. The summed E-state index contributed by atoms with van der Waals surface area (Å²) in [7, 11) is 6.31. The first kappa shape index (κ1) is 23.4. The Bertz CT molecular complexity index is 297. The van der Waals surface area contributed by atoms with Crippen molar-refractivity contribution < 1.29 is 14.0 Å². The molecular weight excluding hydrogens is 298 g/mol. The lowest BCUT2D eigenvalue weighted by atomic mass is 10.0. The maximum Gasteiger partial charge on any atom is 0.364 e. The molecule has 1 unspecified atom stereocenters. The lowest BCUT2D eigenvalue weighted by molar-refractivity contribution is -0.887. The van der Waals surface area contributed by atoms with Crippen molar-refractivity contribution in [1.82, 2.24) is 0 Å². The number of ether oxygens (including phenoxy) is 1. The van der Waals surface area contributed by atoms with E-state index in [0.29, 0.717) is 11.1 Å². The summed E-state index contributed by atoms with van der Waals surface area (Å²) in [5, 5.41) is 0. The molecule has 3 heteroatoms. The second-order valence-corrected chi connectivity index (χ2v) is 8.12. The topological polar surface area (TPSA) is 26.3 Å². The zero-order valence-electron chi connectivity index (χ0n) is 17.2. The first-order chi connectivity index (χ1) is 11.4. The molecule has 0 spiro atoms. The van der Waals surface area contributed by atoms with Gasteiger partial charge in [0.25, 0.3) is 0 Å². The number of hydrogen-bond donors (Lipinski definition) is 0. The van der Waals surface area contributed by atoms with E-state index in [1.54, 1.807) is 0 Å². The van der Waals surface area contributed by atoms with E-state index < -0.39 is 0 Å². The van der Waals surface area contributed by atoms with Crippen molar-refractivity contribution in [2.75, 3.05) is 27.7 Å². The fourth-order valence-corrected chi connectivity index (χ4v) is 3.09. The molecule has 3 nitrogen and oxygen atoms in total. The van der Waals surface area contributed by atoms with Crippen LogP contribution in [0.5, 0.6) is 0 Å². The molecule has 0 saturated carbocycles. The maximum atomic E-state index is 12.4. The largest absolute Gasteiger partial charge is 0.461 e. The second kappa shape index (κ2) is 14.7. The lowest BCUT2D eigenvalue weighted by Crippen LogP contribution is -2.50. The molecule has 0 rings (SSSR count).